The molecule has 1 aromatic heterocycles. The van der Waals surface area contributed by atoms with Gasteiger partial charge in [-0.25, -0.2) is 13.8 Å². The van der Waals surface area contributed by atoms with Crippen LogP contribution in [0.5, 0.6) is 0 Å². The van der Waals surface area contributed by atoms with Crippen molar-refractivity contribution in [2.45, 2.75) is 12.8 Å². The van der Waals surface area contributed by atoms with Gasteiger partial charge >= 0.3 is 5.97 Å². The number of nitrogens with zero attached hydrogens (tertiary/aromatic N) is 1. The molecule has 0 aliphatic rings. The molecule has 14 heavy (non-hydrogen) atoms. The van der Waals surface area contributed by atoms with Crippen LogP contribution < -0.4 is 0 Å². The van der Waals surface area contributed by atoms with E-state index in [-0.39, 0.29) is 22.3 Å². The van der Waals surface area contributed by atoms with Gasteiger partial charge in [-0.3, -0.25) is 4.79 Å². The van der Waals surface area contributed by atoms with E-state index in [0.717, 1.165) is 12.1 Å². The molecule has 0 unspecified atom stereocenters. The predicted octanol–water partition coefficient (Wildman–Crippen LogP) is 2.41. The molecule has 0 aromatic carbocycles. The van der Waals surface area contributed by atoms with Gasteiger partial charge in [0, 0.05) is 5.56 Å². The number of carbonyl (C=O) groups is 1. The van der Waals surface area contributed by atoms with Gasteiger partial charge < -0.3 is 5.11 Å². The Kier molecular flexibility index (Phi) is 3.51. The summed E-state index contributed by atoms with van der Waals surface area (Å²) >= 11 is 2.93. The molecule has 0 fully saturated rings. The topological polar surface area (TPSA) is 50.2 Å². The Bertz CT molecular complexity index is 357. The number of pyridine rings is 1. The Morgan fingerprint density at radius 3 is 2.71 bits per heavy atom. The lowest BCUT2D eigenvalue weighted by Crippen LogP contribution is -2.03. The van der Waals surface area contributed by atoms with Gasteiger partial charge in [-0.05, 0) is 28.1 Å². The maximum atomic E-state index is 12.3. The molecule has 1 aromatic rings. The molecule has 0 amide bonds. The largest absolute Gasteiger partial charge is 0.481 e. The normalized spacial score (nSPS) is 10.6. The molecule has 0 bridgehead atoms. The van der Waals surface area contributed by atoms with E-state index in [0.29, 0.717) is 0 Å². The molecule has 0 atom stereocenters. The van der Waals surface area contributed by atoms with E-state index in [1.165, 1.54) is 0 Å². The summed E-state index contributed by atoms with van der Waals surface area (Å²) in [6, 6.07) is 2.25. The van der Waals surface area contributed by atoms with Gasteiger partial charge in [0.05, 0.1) is 12.1 Å². The summed E-state index contributed by atoms with van der Waals surface area (Å²) in [5.41, 5.74) is -0.120. The van der Waals surface area contributed by atoms with Gasteiger partial charge in [-0.15, -0.1) is 0 Å². The highest BCUT2D eigenvalue weighted by Gasteiger charge is 2.11. The van der Waals surface area contributed by atoms with Crippen LogP contribution in [0.2, 0.25) is 0 Å². The fourth-order valence-corrected chi connectivity index (χ4v) is 1.44. The zero-order valence-corrected chi connectivity index (χ0v) is 8.46. The summed E-state index contributed by atoms with van der Waals surface area (Å²) in [6.07, 6.45) is -2.99. The molecule has 0 saturated heterocycles. The summed E-state index contributed by atoms with van der Waals surface area (Å²) in [6.45, 7) is 0. The molecule has 0 radical (unpaired) electrons. The molecule has 0 aliphatic carbocycles. The quantitative estimate of drug-likeness (QED) is 0.854. The Hall–Kier alpha value is -1.04. The summed E-state index contributed by atoms with van der Waals surface area (Å²) in [5, 5.41) is 8.44. The lowest BCUT2D eigenvalue weighted by Gasteiger charge is -2.03. The Morgan fingerprint density at radius 2 is 2.21 bits per heavy atom. The lowest BCUT2D eigenvalue weighted by molar-refractivity contribution is -0.136. The third-order valence-electron chi connectivity index (χ3n) is 1.45. The van der Waals surface area contributed by atoms with Crippen LogP contribution in [0.25, 0.3) is 0 Å². The molecule has 3 nitrogen and oxygen atoms in total. The van der Waals surface area contributed by atoms with Gasteiger partial charge in [-0.2, -0.15) is 0 Å². The third-order valence-corrected chi connectivity index (χ3v) is 1.86. The van der Waals surface area contributed by atoms with Crippen LogP contribution in [0.1, 0.15) is 17.7 Å². The van der Waals surface area contributed by atoms with Crippen LogP contribution >= 0.6 is 15.9 Å². The van der Waals surface area contributed by atoms with Crippen molar-refractivity contribution in [2.24, 2.45) is 0 Å². The zero-order chi connectivity index (χ0) is 10.7. The van der Waals surface area contributed by atoms with E-state index in [1.807, 2.05) is 0 Å². The SMILES string of the molecule is O=C(O)Cc1cc(C(F)F)cc(Br)n1. The molecule has 1 heterocycles. The number of rotatable bonds is 3. The lowest BCUT2D eigenvalue weighted by atomic mass is 10.2. The fourth-order valence-electron chi connectivity index (χ4n) is 0.945. The second kappa shape index (κ2) is 4.45. The molecule has 6 heteroatoms. The van der Waals surface area contributed by atoms with Gasteiger partial charge in [-0.1, -0.05) is 0 Å². The third kappa shape index (κ3) is 3.02. The number of carboxylic acids is 1. The van der Waals surface area contributed by atoms with Gasteiger partial charge in [0.15, 0.2) is 0 Å². The van der Waals surface area contributed by atoms with Crippen molar-refractivity contribution in [2.75, 3.05) is 0 Å². The highest BCUT2D eigenvalue weighted by Crippen LogP contribution is 2.22. The minimum Gasteiger partial charge on any atom is -0.481 e. The second-order valence-corrected chi connectivity index (χ2v) is 3.40. The molecule has 1 rings (SSSR count). The van der Waals surface area contributed by atoms with E-state index in [9.17, 15) is 13.6 Å². The highest BCUT2D eigenvalue weighted by molar-refractivity contribution is 9.10. The average Bonchev–Trinajstić information content (AvgIpc) is 2.01. The summed E-state index contributed by atoms with van der Waals surface area (Å²) in [7, 11) is 0. The van der Waals surface area contributed by atoms with E-state index >= 15 is 0 Å². The first-order valence-corrected chi connectivity index (χ1v) is 4.44. The highest BCUT2D eigenvalue weighted by atomic mass is 79.9. The van der Waals surface area contributed by atoms with Crippen LogP contribution in [-0.4, -0.2) is 16.1 Å². The zero-order valence-electron chi connectivity index (χ0n) is 6.88. The molecule has 0 spiro atoms. The molecular formula is C8H6BrF2NO2. The predicted molar refractivity (Wildman–Crippen MR) is 48.2 cm³/mol. The van der Waals surface area contributed by atoms with Gasteiger partial charge in [0.1, 0.15) is 4.60 Å². The molecule has 76 valence electrons. The number of carboxylic acid groups (broad SMARTS) is 1. The van der Waals surface area contributed by atoms with Gasteiger partial charge in [0.25, 0.3) is 6.43 Å². The number of alkyl halides is 2. The maximum absolute atomic E-state index is 12.3. The van der Waals surface area contributed by atoms with E-state index in [4.69, 9.17) is 5.11 Å². The number of aromatic nitrogens is 1. The van der Waals surface area contributed by atoms with E-state index < -0.39 is 12.4 Å². The average molecular weight is 266 g/mol. The van der Waals surface area contributed by atoms with Crippen molar-refractivity contribution in [3.8, 4) is 0 Å². The first-order chi connectivity index (χ1) is 6.49. The maximum Gasteiger partial charge on any atom is 0.309 e. The minimum absolute atomic E-state index is 0.113. The minimum atomic E-state index is -2.62. The van der Waals surface area contributed by atoms with E-state index in [1.54, 1.807) is 0 Å². The number of hydrogen-bond donors (Lipinski definition) is 1. The summed E-state index contributed by atoms with van der Waals surface area (Å²) in [4.78, 5) is 14.1. The number of aliphatic carboxylic acids is 1. The van der Waals surface area contributed by atoms with Crippen LogP contribution in [0.3, 0.4) is 0 Å². The monoisotopic (exact) mass is 265 g/mol. The Morgan fingerprint density at radius 1 is 1.57 bits per heavy atom. The Labute approximate surface area is 86.9 Å². The summed E-state index contributed by atoms with van der Waals surface area (Å²) < 4.78 is 24.8. The van der Waals surface area contributed by atoms with Crippen molar-refractivity contribution in [1.82, 2.24) is 4.98 Å². The Balaban J connectivity index is 3.01. The molecular weight excluding hydrogens is 260 g/mol. The fraction of sp³-hybridized carbons (Fsp3) is 0.250. The van der Waals surface area contributed by atoms with Crippen molar-refractivity contribution >= 4 is 21.9 Å². The second-order valence-electron chi connectivity index (χ2n) is 2.59. The molecule has 0 aliphatic heterocycles. The van der Waals surface area contributed by atoms with E-state index in [2.05, 4.69) is 20.9 Å². The smallest absolute Gasteiger partial charge is 0.309 e. The number of hydrogen-bond acceptors (Lipinski definition) is 2. The van der Waals surface area contributed by atoms with Crippen molar-refractivity contribution < 1.29 is 18.7 Å². The van der Waals surface area contributed by atoms with Crippen molar-refractivity contribution in [3.63, 3.8) is 0 Å². The molecule has 1 N–H and O–H groups in total. The van der Waals surface area contributed by atoms with Crippen LogP contribution in [0.4, 0.5) is 8.78 Å². The van der Waals surface area contributed by atoms with Crippen molar-refractivity contribution in [1.29, 1.82) is 0 Å². The standard InChI is InChI=1S/C8H6BrF2NO2/c9-6-2-4(8(10)11)1-5(12-6)3-7(13)14/h1-2,8H,3H2,(H,13,14). The first kappa shape index (κ1) is 11.0. The van der Waals surface area contributed by atoms with Crippen LogP contribution in [0, 0.1) is 0 Å². The van der Waals surface area contributed by atoms with Crippen LogP contribution in [0.15, 0.2) is 16.7 Å². The molecule has 0 saturated carbocycles. The van der Waals surface area contributed by atoms with Gasteiger partial charge in [0.2, 0.25) is 0 Å². The number of halogens is 3. The van der Waals surface area contributed by atoms with Crippen LogP contribution in [-0.2, 0) is 11.2 Å². The first-order valence-electron chi connectivity index (χ1n) is 3.65. The summed E-state index contributed by atoms with van der Waals surface area (Å²) in [5.74, 6) is -1.10. The van der Waals surface area contributed by atoms with Crippen molar-refractivity contribution in [3.05, 3.63) is 28.0 Å².